The summed E-state index contributed by atoms with van der Waals surface area (Å²) in [6, 6.07) is 11.0. The van der Waals surface area contributed by atoms with E-state index in [0.717, 1.165) is 22.2 Å². The third-order valence-electron chi connectivity index (χ3n) is 3.74. The molecule has 0 bridgehead atoms. The number of thioether (sulfide) groups is 1. The van der Waals surface area contributed by atoms with Crippen LogP contribution >= 0.6 is 11.8 Å². The number of amides is 3. The van der Waals surface area contributed by atoms with Gasteiger partial charge in [0, 0.05) is 5.56 Å². The minimum Gasteiger partial charge on any atom is -0.319 e. The molecule has 1 fully saturated rings. The molecule has 0 aliphatic carbocycles. The molecule has 7 heteroatoms. The molecule has 1 saturated heterocycles. The Labute approximate surface area is 148 Å². The van der Waals surface area contributed by atoms with Gasteiger partial charge in [0.15, 0.2) is 0 Å². The highest BCUT2D eigenvalue weighted by molar-refractivity contribution is 8.14. The van der Waals surface area contributed by atoms with Crippen molar-refractivity contribution in [2.45, 2.75) is 13.5 Å². The second-order valence-electron chi connectivity index (χ2n) is 5.67. The van der Waals surface area contributed by atoms with Gasteiger partial charge in [-0.1, -0.05) is 30.0 Å². The summed E-state index contributed by atoms with van der Waals surface area (Å²) >= 11 is 0.964. The van der Waals surface area contributed by atoms with Crippen molar-refractivity contribution in [2.24, 2.45) is 0 Å². The van der Waals surface area contributed by atoms with Crippen LogP contribution in [0.4, 0.5) is 14.9 Å². The van der Waals surface area contributed by atoms with E-state index in [0.29, 0.717) is 11.1 Å². The Morgan fingerprint density at radius 3 is 2.76 bits per heavy atom. The fourth-order valence-electron chi connectivity index (χ4n) is 2.46. The summed E-state index contributed by atoms with van der Waals surface area (Å²) in [6.45, 7) is 1.92. The summed E-state index contributed by atoms with van der Waals surface area (Å²) in [7, 11) is 0. The van der Waals surface area contributed by atoms with Crippen molar-refractivity contribution in [1.29, 1.82) is 0 Å². The Morgan fingerprint density at radius 1 is 1.24 bits per heavy atom. The molecule has 1 N–H and O–H groups in total. The normalized spacial score (nSPS) is 14.1. The van der Waals surface area contributed by atoms with Gasteiger partial charge in [-0.15, -0.1) is 0 Å². The zero-order chi connectivity index (χ0) is 18.0. The molecular formula is C18H15FN2O3S. The molecule has 0 saturated carbocycles. The number of nitrogens with zero attached hydrogens (tertiary/aromatic N) is 1. The van der Waals surface area contributed by atoms with Crippen LogP contribution in [0.3, 0.4) is 0 Å². The average Bonchev–Trinajstić information content (AvgIpc) is 2.90. The van der Waals surface area contributed by atoms with Crippen LogP contribution in [0.2, 0.25) is 0 Å². The topological polar surface area (TPSA) is 66.5 Å². The van der Waals surface area contributed by atoms with E-state index in [9.17, 15) is 18.8 Å². The first kappa shape index (κ1) is 17.2. The van der Waals surface area contributed by atoms with Gasteiger partial charge >= 0.3 is 0 Å². The first-order chi connectivity index (χ1) is 11.9. The summed E-state index contributed by atoms with van der Waals surface area (Å²) in [4.78, 5) is 36.9. The van der Waals surface area contributed by atoms with Gasteiger partial charge in [0.2, 0.25) is 5.91 Å². The van der Waals surface area contributed by atoms with Crippen molar-refractivity contribution in [2.75, 3.05) is 11.1 Å². The van der Waals surface area contributed by atoms with Crippen molar-refractivity contribution in [1.82, 2.24) is 4.90 Å². The number of imide groups is 1. The van der Waals surface area contributed by atoms with Crippen molar-refractivity contribution in [3.8, 4) is 0 Å². The van der Waals surface area contributed by atoms with Crippen molar-refractivity contribution >= 4 is 34.5 Å². The highest BCUT2D eigenvalue weighted by atomic mass is 32.2. The Morgan fingerprint density at radius 2 is 2.04 bits per heavy atom. The van der Waals surface area contributed by atoms with Gasteiger partial charge in [-0.25, -0.2) is 4.39 Å². The van der Waals surface area contributed by atoms with Crippen LogP contribution in [0, 0.1) is 12.7 Å². The molecule has 25 heavy (non-hydrogen) atoms. The number of aryl methyl sites for hydroxylation is 1. The lowest BCUT2D eigenvalue weighted by atomic mass is 10.1. The van der Waals surface area contributed by atoms with Crippen LogP contribution in [-0.2, 0) is 11.3 Å². The fraction of sp³-hybridized carbons (Fsp3) is 0.167. The maximum absolute atomic E-state index is 13.8. The van der Waals surface area contributed by atoms with E-state index < -0.39 is 11.7 Å². The van der Waals surface area contributed by atoms with Gasteiger partial charge in [0.1, 0.15) is 5.82 Å². The van der Waals surface area contributed by atoms with E-state index in [4.69, 9.17) is 0 Å². The highest BCUT2D eigenvalue weighted by Crippen LogP contribution is 2.22. The molecule has 0 radical (unpaired) electrons. The second-order valence-corrected chi connectivity index (χ2v) is 6.60. The van der Waals surface area contributed by atoms with Crippen LogP contribution in [0.5, 0.6) is 0 Å². The molecule has 0 unspecified atom stereocenters. The molecule has 2 aromatic carbocycles. The highest BCUT2D eigenvalue weighted by Gasteiger charge is 2.29. The summed E-state index contributed by atoms with van der Waals surface area (Å²) in [6.07, 6.45) is 0. The Kier molecular flexibility index (Phi) is 4.85. The Bertz CT molecular complexity index is 853. The number of hydrogen-bond donors (Lipinski definition) is 1. The van der Waals surface area contributed by atoms with E-state index in [1.165, 1.54) is 6.07 Å². The minimum atomic E-state index is -0.514. The number of anilines is 1. The summed E-state index contributed by atoms with van der Waals surface area (Å²) in [5, 5.41) is 2.25. The van der Waals surface area contributed by atoms with Crippen LogP contribution in [-0.4, -0.2) is 27.7 Å². The monoisotopic (exact) mass is 358 g/mol. The zero-order valence-corrected chi connectivity index (χ0v) is 14.2. The van der Waals surface area contributed by atoms with Crippen LogP contribution in [0.25, 0.3) is 0 Å². The largest absolute Gasteiger partial charge is 0.319 e. The maximum Gasteiger partial charge on any atom is 0.289 e. The van der Waals surface area contributed by atoms with Gasteiger partial charge in [-0.3, -0.25) is 19.3 Å². The van der Waals surface area contributed by atoms with E-state index in [1.807, 2.05) is 0 Å². The molecule has 2 aromatic rings. The van der Waals surface area contributed by atoms with Crippen molar-refractivity contribution < 1.29 is 18.8 Å². The molecule has 3 rings (SSSR count). The van der Waals surface area contributed by atoms with Gasteiger partial charge in [0.05, 0.1) is 18.0 Å². The first-order valence-corrected chi connectivity index (χ1v) is 8.56. The van der Waals surface area contributed by atoms with Crippen LogP contribution in [0.15, 0.2) is 42.5 Å². The standard InChI is InChI=1S/C18H15FN2O3S/c1-11-5-6-14(19)15(7-11)20-17(23)13-4-2-3-12(8-13)9-21-16(22)10-25-18(21)24/h2-8H,9-10H2,1H3,(H,20,23). The van der Waals surface area contributed by atoms with E-state index in [2.05, 4.69) is 5.32 Å². The molecule has 1 heterocycles. The zero-order valence-electron chi connectivity index (χ0n) is 13.4. The molecule has 1 aliphatic heterocycles. The average molecular weight is 358 g/mol. The lowest BCUT2D eigenvalue weighted by Crippen LogP contribution is -2.28. The molecular weight excluding hydrogens is 343 g/mol. The molecule has 5 nitrogen and oxygen atoms in total. The van der Waals surface area contributed by atoms with Gasteiger partial charge in [0.25, 0.3) is 11.1 Å². The van der Waals surface area contributed by atoms with Crippen LogP contribution < -0.4 is 5.32 Å². The summed E-state index contributed by atoms with van der Waals surface area (Å²) < 4.78 is 13.8. The maximum atomic E-state index is 13.8. The predicted octanol–water partition coefficient (Wildman–Crippen LogP) is 3.58. The molecule has 0 aromatic heterocycles. The van der Waals surface area contributed by atoms with E-state index in [-0.39, 0.29) is 29.1 Å². The third kappa shape index (κ3) is 3.88. The number of carbonyl (C=O) groups is 3. The fourth-order valence-corrected chi connectivity index (χ4v) is 3.18. The van der Waals surface area contributed by atoms with Gasteiger partial charge in [-0.2, -0.15) is 0 Å². The van der Waals surface area contributed by atoms with Crippen molar-refractivity contribution in [3.05, 3.63) is 65.0 Å². The minimum absolute atomic E-state index is 0.108. The van der Waals surface area contributed by atoms with E-state index in [1.54, 1.807) is 43.3 Å². The van der Waals surface area contributed by atoms with Gasteiger partial charge in [-0.05, 0) is 42.3 Å². The Hall–Kier alpha value is -2.67. The number of rotatable bonds is 4. The quantitative estimate of drug-likeness (QED) is 0.907. The smallest absolute Gasteiger partial charge is 0.289 e. The Balaban J connectivity index is 1.76. The molecule has 0 atom stereocenters. The lowest BCUT2D eigenvalue weighted by molar-refractivity contribution is -0.125. The van der Waals surface area contributed by atoms with E-state index >= 15 is 0 Å². The molecule has 0 spiro atoms. The summed E-state index contributed by atoms with van der Waals surface area (Å²) in [5.74, 6) is -1.07. The van der Waals surface area contributed by atoms with Gasteiger partial charge < -0.3 is 5.32 Å². The van der Waals surface area contributed by atoms with Crippen LogP contribution in [0.1, 0.15) is 21.5 Å². The number of benzene rings is 2. The molecule has 3 amide bonds. The predicted molar refractivity (Wildman–Crippen MR) is 93.9 cm³/mol. The lowest BCUT2D eigenvalue weighted by Gasteiger charge is -2.13. The SMILES string of the molecule is Cc1ccc(F)c(NC(=O)c2cccc(CN3C(=O)CSC3=O)c2)c1. The molecule has 128 valence electrons. The number of carbonyl (C=O) groups excluding carboxylic acids is 3. The molecule has 1 aliphatic rings. The second kappa shape index (κ2) is 7.06. The number of nitrogens with one attached hydrogen (secondary N) is 1. The summed E-state index contributed by atoms with van der Waals surface area (Å²) in [5.41, 5.74) is 1.91. The third-order valence-corrected chi connectivity index (χ3v) is 4.60. The van der Waals surface area contributed by atoms with Crippen molar-refractivity contribution in [3.63, 3.8) is 0 Å². The first-order valence-electron chi connectivity index (χ1n) is 7.57. The number of halogens is 1. The number of hydrogen-bond acceptors (Lipinski definition) is 4.